The monoisotopic (exact) mass is 260 g/mol. The molecule has 2 unspecified atom stereocenters. The van der Waals surface area contributed by atoms with Crippen molar-refractivity contribution in [1.29, 1.82) is 0 Å². The van der Waals surface area contributed by atoms with Gasteiger partial charge < -0.3 is 11.1 Å². The molecule has 3 nitrogen and oxygen atoms in total. The zero-order valence-corrected chi connectivity index (χ0v) is 11.5. The molecule has 0 bridgehead atoms. The highest BCUT2D eigenvalue weighted by atomic mass is 35.5. The van der Waals surface area contributed by atoms with Gasteiger partial charge in [-0.05, 0) is 31.6 Å². The molecular weight excluding hydrogens is 236 g/mol. The van der Waals surface area contributed by atoms with Crippen LogP contribution in [0.1, 0.15) is 58.3 Å². The highest BCUT2D eigenvalue weighted by Gasteiger charge is 2.38. The van der Waals surface area contributed by atoms with Crippen molar-refractivity contribution in [3.05, 3.63) is 0 Å². The summed E-state index contributed by atoms with van der Waals surface area (Å²) >= 11 is 0. The number of halogens is 1. The van der Waals surface area contributed by atoms with Gasteiger partial charge in [0.25, 0.3) is 0 Å². The van der Waals surface area contributed by atoms with E-state index in [2.05, 4.69) is 12.2 Å². The van der Waals surface area contributed by atoms with Crippen LogP contribution in [0.2, 0.25) is 0 Å². The Labute approximate surface area is 110 Å². The number of hydrogen-bond acceptors (Lipinski definition) is 2. The first-order valence-electron chi connectivity index (χ1n) is 6.70. The molecule has 0 aromatic carbocycles. The maximum absolute atomic E-state index is 12.1. The first kappa shape index (κ1) is 14.8. The summed E-state index contributed by atoms with van der Waals surface area (Å²) in [4.78, 5) is 12.1. The number of nitrogens with one attached hydrogen (secondary N) is 1. The minimum atomic E-state index is -0.555. The van der Waals surface area contributed by atoms with E-state index in [0.717, 1.165) is 44.4 Å². The first-order valence-corrected chi connectivity index (χ1v) is 6.70. The lowest BCUT2D eigenvalue weighted by molar-refractivity contribution is -0.127. The van der Waals surface area contributed by atoms with Gasteiger partial charge in [-0.15, -0.1) is 12.4 Å². The van der Waals surface area contributed by atoms with Crippen LogP contribution in [0.3, 0.4) is 0 Å². The van der Waals surface area contributed by atoms with E-state index in [4.69, 9.17) is 5.73 Å². The molecular formula is C13H25ClN2O. The molecule has 100 valence electrons. The van der Waals surface area contributed by atoms with Gasteiger partial charge in [-0.2, -0.15) is 0 Å². The lowest BCUT2D eigenvalue weighted by Crippen LogP contribution is -2.55. The number of hydrogen-bond donors (Lipinski definition) is 2. The highest BCUT2D eigenvalue weighted by molar-refractivity contribution is 5.86. The third kappa shape index (κ3) is 3.59. The van der Waals surface area contributed by atoms with E-state index in [1.165, 1.54) is 12.8 Å². The second kappa shape index (κ2) is 6.05. The van der Waals surface area contributed by atoms with Gasteiger partial charge in [0.2, 0.25) is 5.91 Å². The van der Waals surface area contributed by atoms with Crippen molar-refractivity contribution >= 4 is 18.3 Å². The van der Waals surface area contributed by atoms with Crippen LogP contribution in [0.5, 0.6) is 0 Å². The molecule has 0 spiro atoms. The summed E-state index contributed by atoms with van der Waals surface area (Å²) in [5.41, 5.74) is 5.59. The van der Waals surface area contributed by atoms with E-state index >= 15 is 0 Å². The Morgan fingerprint density at radius 2 is 1.88 bits per heavy atom. The molecule has 0 radical (unpaired) electrons. The van der Waals surface area contributed by atoms with E-state index in [0.29, 0.717) is 6.04 Å². The van der Waals surface area contributed by atoms with Gasteiger partial charge in [-0.25, -0.2) is 0 Å². The van der Waals surface area contributed by atoms with Crippen molar-refractivity contribution in [1.82, 2.24) is 5.32 Å². The van der Waals surface area contributed by atoms with E-state index in [-0.39, 0.29) is 18.3 Å². The van der Waals surface area contributed by atoms with Crippen LogP contribution < -0.4 is 11.1 Å². The second-order valence-electron chi connectivity index (χ2n) is 5.81. The summed E-state index contributed by atoms with van der Waals surface area (Å²) in [5, 5.41) is 3.17. The predicted molar refractivity (Wildman–Crippen MR) is 72.2 cm³/mol. The molecule has 0 aromatic heterocycles. The van der Waals surface area contributed by atoms with E-state index in [9.17, 15) is 4.79 Å². The maximum atomic E-state index is 12.1. The fraction of sp³-hybridized carbons (Fsp3) is 0.923. The summed E-state index contributed by atoms with van der Waals surface area (Å²) in [6.45, 7) is 2.27. The zero-order valence-electron chi connectivity index (χ0n) is 10.7. The van der Waals surface area contributed by atoms with Crippen molar-refractivity contribution in [3.8, 4) is 0 Å². The molecule has 0 heterocycles. The molecule has 2 aliphatic rings. The Balaban J connectivity index is 0.00000144. The average molecular weight is 261 g/mol. The van der Waals surface area contributed by atoms with Crippen molar-refractivity contribution in [2.75, 3.05) is 0 Å². The standard InChI is InChI=1S/C13H24N2O.ClH/c1-10-5-4-6-11(9-10)15-12(16)13(14)7-2-3-8-13;/h10-11H,2-9,14H2,1H3,(H,15,16);1H. The molecule has 3 N–H and O–H groups in total. The molecule has 2 fully saturated rings. The van der Waals surface area contributed by atoms with Crippen LogP contribution in [0, 0.1) is 5.92 Å². The second-order valence-corrected chi connectivity index (χ2v) is 5.81. The highest BCUT2D eigenvalue weighted by Crippen LogP contribution is 2.29. The van der Waals surface area contributed by atoms with Gasteiger partial charge in [0.15, 0.2) is 0 Å². The SMILES string of the molecule is CC1CCCC(NC(=O)C2(N)CCCC2)C1.Cl. The van der Waals surface area contributed by atoms with E-state index < -0.39 is 5.54 Å². The largest absolute Gasteiger partial charge is 0.352 e. The molecule has 2 rings (SSSR count). The van der Waals surface area contributed by atoms with Crippen LogP contribution >= 0.6 is 12.4 Å². The molecule has 4 heteroatoms. The quantitative estimate of drug-likeness (QED) is 0.801. The fourth-order valence-electron chi connectivity index (χ4n) is 3.13. The van der Waals surface area contributed by atoms with E-state index in [1.54, 1.807) is 0 Å². The zero-order chi connectivity index (χ0) is 11.6. The summed E-state index contributed by atoms with van der Waals surface area (Å²) in [6.07, 6.45) is 8.73. The van der Waals surface area contributed by atoms with Gasteiger partial charge >= 0.3 is 0 Å². The molecule has 1 amide bonds. The van der Waals surface area contributed by atoms with Gasteiger partial charge in [0.05, 0.1) is 5.54 Å². The van der Waals surface area contributed by atoms with Gasteiger partial charge in [0, 0.05) is 6.04 Å². The van der Waals surface area contributed by atoms with Crippen LogP contribution in [-0.4, -0.2) is 17.5 Å². The third-order valence-corrected chi connectivity index (χ3v) is 4.22. The predicted octanol–water partition coefficient (Wildman–Crippen LogP) is 2.37. The molecule has 0 aliphatic heterocycles. The molecule has 0 aromatic rings. The smallest absolute Gasteiger partial charge is 0.240 e. The first-order chi connectivity index (χ1) is 7.60. The number of amides is 1. The van der Waals surface area contributed by atoms with E-state index in [1.807, 2.05) is 0 Å². The Morgan fingerprint density at radius 1 is 1.24 bits per heavy atom. The molecule has 2 atom stereocenters. The Kier molecular flexibility index (Phi) is 5.26. The van der Waals surface area contributed by atoms with Crippen molar-refractivity contribution in [2.45, 2.75) is 69.9 Å². The number of nitrogens with two attached hydrogens (primary N) is 1. The van der Waals surface area contributed by atoms with Gasteiger partial charge in [-0.1, -0.05) is 32.6 Å². The molecule has 17 heavy (non-hydrogen) atoms. The number of carbonyl (C=O) groups is 1. The van der Waals surface area contributed by atoms with Crippen LogP contribution in [0.15, 0.2) is 0 Å². The molecule has 2 aliphatic carbocycles. The van der Waals surface area contributed by atoms with Crippen LogP contribution in [0.4, 0.5) is 0 Å². The number of rotatable bonds is 2. The van der Waals surface area contributed by atoms with Crippen molar-refractivity contribution < 1.29 is 4.79 Å². The summed E-state index contributed by atoms with van der Waals surface area (Å²) < 4.78 is 0. The minimum absolute atomic E-state index is 0. The van der Waals surface area contributed by atoms with Crippen LogP contribution in [-0.2, 0) is 4.79 Å². The summed E-state index contributed by atoms with van der Waals surface area (Å²) in [7, 11) is 0. The Bertz CT molecular complexity index is 264. The Morgan fingerprint density at radius 3 is 2.47 bits per heavy atom. The lowest BCUT2D eigenvalue weighted by Gasteiger charge is -2.31. The van der Waals surface area contributed by atoms with Crippen LogP contribution in [0.25, 0.3) is 0 Å². The third-order valence-electron chi connectivity index (χ3n) is 4.22. The minimum Gasteiger partial charge on any atom is -0.352 e. The van der Waals surface area contributed by atoms with Gasteiger partial charge in [0.1, 0.15) is 0 Å². The average Bonchev–Trinajstić information content (AvgIpc) is 2.66. The van der Waals surface area contributed by atoms with Crippen molar-refractivity contribution in [2.24, 2.45) is 11.7 Å². The maximum Gasteiger partial charge on any atom is 0.240 e. The number of carbonyl (C=O) groups excluding carboxylic acids is 1. The lowest BCUT2D eigenvalue weighted by atomic mass is 9.86. The normalized spacial score (nSPS) is 31.6. The summed E-state index contributed by atoms with van der Waals surface area (Å²) in [6, 6.07) is 0.372. The van der Waals surface area contributed by atoms with Crippen molar-refractivity contribution in [3.63, 3.8) is 0 Å². The molecule has 2 saturated carbocycles. The Hall–Kier alpha value is -0.280. The fourth-order valence-corrected chi connectivity index (χ4v) is 3.13. The summed E-state index contributed by atoms with van der Waals surface area (Å²) in [5.74, 6) is 0.848. The topological polar surface area (TPSA) is 55.1 Å². The molecule has 0 saturated heterocycles. The van der Waals surface area contributed by atoms with Gasteiger partial charge in [-0.3, -0.25) is 4.79 Å².